The highest BCUT2D eigenvalue weighted by atomic mass is 32.1. The molecule has 0 radical (unpaired) electrons. The number of nitrogens with one attached hydrogen (secondary N) is 1. The van der Waals surface area contributed by atoms with Crippen molar-refractivity contribution in [2.24, 2.45) is 0 Å². The molecule has 0 aliphatic heterocycles. The first kappa shape index (κ1) is 15.1. The molecule has 0 saturated heterocycles. The van der Waals surface area contributed by atoms with Gasteiger partial charge in [-0.1, -0.05) is 17.7 Å². The summed E-state index contributed by atoms with van der Waals surface area (Å²) >= 11 is 1.77. The van der Waals surface area contributed by atoms with Crippen LogP contribution in [0.25, 0.3) is 0 Å². The molecule has 1 heterocycles. The smallest absolute Gasteiger partial charge is 0.0366 e. The third-order valence-electron chi connectivity index (χ3n) is 3.51. The van der Waals surface area contributed by atoms with E-state index in [0.29, 0.717) is 0 Å². The molecule has 0 fully saturated rings. The van der Waals surface area contributed by atoms with Crippen LogP contribution < -0.4 is 10.2 Å². The molecule has 1 aromatic heterocycles. The summed E-state index contributed by atoms with van der Waals surface area (Å²) in [6.45, 7) is 8.55. The predicted molar refractivity (Wildman–Crippen MR) is 90.0 cm³/mol. The first-order chi connectivity index (χ1) is 9.79. The number of anilines is 1. The highest BCUT2D eigenvalue weighted by Crippen LogP contribution is 2.14. The molecule has 0 spiro atoms. The van der Waals surface area contributed by atoms with Crippen LogP contribution in [0.1, 0.15) is 18.1 Å². The lowest BCUT2D eigenvalue weighted by molar-refractivity contribution is 0.663. The van der Waals surface area contributed by atoms with E-state index in [1.807, 2.05) is 0 Å². The Bertz CT molecular complexity index is 476. The van der Waals surface area contributed by atoms with Crippen molar-refractivity contribution < 1.29 is 0 Å². The summed E-state index contributed by atoms with van der Waals surface area (Å²) in [5, 5.41) is 7.91. The Labute approximate surface area is 126 Å². The van der Waals surface area contributed by atoms with Gasteiger partial charge in [0, 0.05) is 25.3 Å². The molecule has 0 aliphatic rings. The second-order valence-electron chi connectivity index (χ2n) is 5.05. The minimum Gasteiger partial charge on any atom is -0.371 e. The van der Waals surface area contributed by atoms with Gasteiger partial charge in [-0.15, -0.1) is 0 Å². The van der Waals surface area contributed by atoms with E-state index in [-0.39, 0.29) is 0 Å². The molecule has 0 bridgehead atoms. The summed E-state index contributed by atoms with van der Waals surface area (Å²) in [6, 6.07) is 11.0. The van der Waals surface area contributed by atoms with Gasteiger partial charge in [-0.2, -0.15) is 11.3 Å². The van der Waals surface area contributed by atoms with Gasteiger partial charge in [0.05, 0.1) is 0 Å². The van der Waals surface area contributed by atoms with Crippen LogP contribution in [0.3, 0.4) is 0 Å². The summed E-state index contributed by atoms with van der Waals surface area (Å²) in [7, 11) is 0. The molecule has 0 aliphatic carbocycles. The summed E-state index contributed by atoms with van der Waals surface area (Å²) in [5.41, 5.74) is 4.07. The second kappa shape index (κ2) is 8.08. The van der Waals surface area contributed by atoms with E-state index in [4.69, 9.17) is 0 Å². The van der Waals surface area contributed by atoms with Crippen LogP contribution in [0, 0.1) is 6.92 Å². The molecule has 2 rings (SSSR count). The average molecular weight is 288 g/mol. The van der Waals surface area contributed by atoms with Gasteiger partial charge in [-0.25, -0.2) is 0 Å². The zero-order valence-corrected chi connectivity index (χ0v) is 13.2. The van der Waals surface area contributed by atoms with Gasteiger partial charge in [0.2, 0.25) is 0 Å². The van der Waals surface area contributed by atoms with Crippen molar-refractivity contribution in [2.75, 3.05) is 31.1 Å². The van der Waals surface area contributed by atoms with Crippen LogP contribution in [0.2, 0.25) is 0 Å². The van der Waals surface area contributed by atoms with Gasteiger partial charge < -0.3 is 10.2 Å². The Morgan fingerprint density at radius 1 is 1.10 bits per heavy atom. The quantitative estimate of drug-likeness (QED) is 0.745. The fourth-order valence-electron chi connectivity index (χ4n) is 2.23. The molecular weight excluding hydrogens is 264 g/mol. The molecule has 0 atom stereocenters. The molecule has 108 valence electrons. The highest BCUT2D eigenvalue weighted by Gasteiger charge is 2.03. The SMILES string of the molecule is CCN(CCNCCc1ccsc1)c1ccc(C)cc1. The molecule has 1 N–H and O–H groups in total. The number of hydrogen-bond acceptors (Lipinski definition) is 3. The number of thiophene rings is 1. The van der Waals surface area contributed by atoms with Gasteiger partial charge in [0.25, 0.3) is 0 Å². The standard InChI is InChI=1S/C17H24N2S/c1-3-19(17-6-4-15(2)5-7-17)12-11-18-10-8-16-9-13-20-14-16/h4-7,9,13-14,18H,3,8,10-12H2,1-2H3. The zero-order chi connectivity index (χ0) is 14.2. The van der Waals surface area contributed by atoms with Crippen molar-refractivity contribution in [1.82, 2.24) is 5.32 Å². The van der Waals surface area contributed by atoms with Crippen LogP contribution in [0.4, 0.5) is 5.69 Å². The van der Waals surface area contributed by atoms with Crippen molar-refractivity contribution in [1.29, 1.82) is 0 Å². The Morgan fingerprint density at radius 3 is 2.55 bits per heavy atom. The molecule has 20 heavy (non-hydrogen) atoms. The zero-order valence-electron chi connectivity index (χ0n) is 12.4. The van der Waals surface area contributed by atoms with E-state index in [2.05, 4.69) is 65.2 Å². The molecule has 2 aromatic rings. The maximum Gasteiger partial charge on any atom is 0.0366 e. The largest absolute Gasteiger partial charge is 0.371 e. The van der Waals surface area contributed by atoms with Crippen molar-refractivity contribution in [2.45, 2.75) is 20.3 Å². The molecule has 0 unspecified atom stereocenters. The van der Waals surface area contributed by atoms with Gasteiger partial charge in [-0.3, -0.25) is 0 Å². The topological polar surface area (TPSA) is 15.3 Å². The summed E-state index contributed by atoms with van der Waals surface area (Å²) in [5.74, 6) is 0. The van der Waals surface area contributed by atoms with E-state index < -0.39 is 0 Å². The van der Waals surface area contributed by atoms with Gasteiger partial charge in [-0.05, 0) is 61.3 Å². The van der Waals surface area contributed by atoms with Gasteiger partial charge >= 0.3 is 0 Å². The Balaban J connectivity index is 1.70. The molecule has 0 amide bonds. The number of rotatable bonds is 8. The van der Waals surface area contributed by atoms with Crippen molar-refractivity contribution in [3.63, 3.8) is 0 Å². The number of aryl methyl sites for hydroxylation is 1. The third kappa shape index (κ3) is 4.66. The number of likely N-dealkylation sites (N-methyl/N-ethyl adjacent to an activating group) is 1. The molecule has 2 nitrogen and oxygen atoms in total. The van der Waals surface area contributed by atoms with Crippen LogP contribution in [0.15, 0.2) is 41.1 Å². The van der Waals surface area contributed by atoms with Crippen LogP contribution in [0.5, 0.6) is 0 Å². The highest BCUT2D eigenvalue weighted by molar-refractivity contribution is 7.07. The summed E-state index contributed by atoms with van der Waals surface area (Å²) in [4.78, 5) is 2.41. The van der Waals surface area contributed by atoms with Crippen molar-refractivity contribution >= 4 is 17.0 Å². The van der Waals surface area contributed by atoms with E-state index in [1.165, 1.54) is 16.8 Å². The van der Waals surface area contributed by atoms with Gasteiger partial charge in [0.1, 0.15) is 0 Å². The number of nitrogens with zero attached hydrogens (tertiary/aromatic N) is 1. The third-order valence-corrected chi connectivity index (χ3v) is 4.24. The lowest BCUT2D eigenvalue weighted by Crippen LogP contribution is -2.32. The van der Waals surface area contributed by atoms with Gasteiger partial charge in [0.15, 0.2) is 0 Å². The first-order valence-electron chi connectivity index (χ1n) is 7.33. The van der Waals surface area contributed by atoms with E-state index in [9.17, 15) is 0 Å². The lowest BCUT2D eigenvalue weighted by atomic mass is 10.2. The predicted octanol–water partition coefficient (Wildman–Crippen LogP) is 3.72. The minimum atomic E-state index is 1.03. The van der Waals surface area contributed by atoms with Crippen LogP contribution in [-0.4, -0.2) is 26.2 Å². The Kier molecular flexibility index (Phi) is 6.09. The monoisotopic (exact) mass is 288 g/mol. The Morgan fingerprint density at radius 2 is 1.90 bits per heavy atom. The van der Waals surface area contributed by atoms with E-state index in [1.54, 1.807) is 11.3 Å². The second-order valence-corrected chi connectivity index (χ2v) is 5.83. The first-order valence-corrected chi connectivity index (χ1v) is 8.27. The van der Waals surface area contributed by atoms with Crippen LogP contribution in [-0.2, 0) is 6.42 Å². The Hall–Kier alpha value is -1.32. The molecule has 3 heteroatoms. The number of hydrogen-bond donors (Lipinski definition) is 1. The van der Waals surface area contributed by atoms with Crippen molar-refractivity contribution in [3.8, 4) is 0 Å². The average Bonchev–Trinajstić information content (AvgIpc) is 2.97. The van der Waals surface area contributed by atoms with E-state index in [0.717, 1.165) is 32.6 Å². The van der Waals surface area contributed by atoms with Crippen molar-refractivity contribution in [3.05, 3.63) is 52.2 Å². The normalized spacial score (nSPS) is 10.7. The molecule has 0 saturated carbocycles. The maximum absolute atomic E-state index is 3.53. The summed E-state index contributed by atoms with van der Waals surface area (Å²) in [6.07, 6.45) is 1.13. The van der Waals surface area contributed by atoms with Crippen LogP contribution >= 0.6 is 11.3 Å². The maximum atomic E-state index is 3.53. The fourth-order valence-corrected chi connectivity index (χ4v) is 2.94. The number of benzene rings is 1. The molecular formula is C17H24N2S. The van der Waals surface area contributed by atoms with E-state index >= 15 is 0 Å². The lowest BCUT2D eigenvalue weighted by Gasteiger charge is -2.23. The summed E-state index contributed by atoms with van der Waals surface area (Å²) < 4.78 is 0. The minimum absolute atomic E-state index is 1.03. The molecule has 1 aromatic carbocycles. The fraction of sp³-hybridized carbons (Fsp3) is 0.412.